The number of rotatable bonds is 3. The number of aromatic nitrogens is 1. The Morgan fingerprint density at radius 1 is 0.947 bits per heavy atom. The topological polar surface area (TPSA) is 31.4 Å². The number of nitrogens with zero attached hydrogens (tertiary/aromatic N) is 1. The van der Waals surface area contributed by atoms with Crippen LogP contribution in [-0.2, 0) is 0 Å². The second-order valence-electron chi connectivity index (χ2n) is 3.40. The lowest BCUT2D eigenvalue weighted by Crippen LogP contribution is -2.17. The molecule has 0 amide bonds. The Balaban J connectivity index is 2.25. The maximum atomic E-state index is 12.2. The normalized spacial score (nSPS) is 11.2. The molecular formula is C12H7ClF3NO2. The van der Waals surface area contributed by atoms with Gasteiger partial charge in [0.15, 0.2) is 11.5 Å². The molecular weight excluding hydrogens is 283 g/mol. The molecule has 0 aliphatic rings. The molecule has 0 unspecified atom stereocenters. The van der Waals surface area contributed by atoms with E-state index in [0.717, 1.165) is 6.07 Å². The van der Waals surface area contributed by atoms with Gasteiger partial charge in [-0.15, -0.1) is 13.2 Å². The van der Waals surface area contributed by atoms with Crippen molar-refractivity contribution in [2.24, 2.45) is 0 Å². The Bertz CT molecular complexity index is 575. The molecule has 3 nitrogen and oxygen atoms in total. The minimum atomic E-state index is -4.79. The number of para-hydroxylation sites is 2. The zero-order valence-corrected chi connectivity index (χ0v) is 10.1. The molecule has 0 fully saturated rings. The summed E-state index contributed by atoms with van der Waals surface area (Å²) in [6.07, 6.45) is -4.79. The predicted octanol–water partition coefficient (Wildman–Crippen LogP) is 4.43. The molecule has 100 valence electrons. The molecule has 0 spiro atoms. The first-order valence-corrected chi connectivity index (χ1v) is 5.47. The second-order valence-corrected chi connectivity index (χ2v) is 3.78. The fourth-order valence-corrected chi connectivity index (χ4v) is 1.46. The number of hydrogen-bond donors (Lipinski definition) is 0. The van der Waals surface area contributed by atoms with Crippen LogP contribution < -0.4 is 9.47 Å². The van der Waals surface area contributed by atoms with Crippen LogP contribution in [0.3, 0.4) is 0 Å². The van der Waals surface area contributed by atoms with Gasteiger partial charge < -0.3 is 9.47 Å². The van der Waals surface area contributed by atoms with E-state index in [9.17, 15) is 13.2 Å². The number of ether oxygens (including phenoxy) is 2. The molecule has 19 heavy (non-hydrogen) atoms. The van der Waals surface area contributed by atoms with Crippen LogP contribution in [0.25, 0.3) is 0 Å². The van der Waals surface area contributed by atoms with E-state index in [-0.39, 0.29) is 16.8 Å². The summed E-state index contributed by atoms with van der Waals surface area (Å²) in [7, 11) is 0. The fourth-order valence-electron chi connectivity index (χ4n) is 1.30. The van der Waals surface area contributed by atoms with Gasteiger partial charge in [0, 0.05) is 6.07 Å². The lowest BCUT2D eigenvalue weighted by molar-refractivity contribution is -0.275. The lowest BCUT2D eigenvalue weighted by atomic mass is 10.3. The van der Waals surface area contributed by atoms with Gasteiger partial charge in [0.1, 0.15) is 5.15 Å². The fraction of sp³-hybridized carbons (Fsp3) is 0.0833. The van der Waals surface area contributed by atoms with Crippen molar-refractivity contribution in [3.8, 4) is 17.4 Å². The Kier molecular flexibility index (Phi) is 3.80. The first-order chi connectivity index (χ1) is 8.94. The Hall–Kier alpha value is -1.95. The molecule has 0 radical (unpaired) electrons. The molecule has 1 aromatic heterocycles. The molecule has 0 aliphatic carbocycles. The number of halogens is 4. The van der Waals surface area contributed by atoms with Gasteiger partial charge in [-0.3, -0.25) is 0 Å². The monoisotopic (exact) mass is 289 g/mol. The zero-order chi connectivity index (χ0) is 13.9. The first kappa shape index (κ1) is 13.5. The predicted molar refractivity (Wildman–Crippen MR) is 62.4 cm³/mol. The Morgan fingerprint density at radius 2 is 1.63 bits per heavy atom. The summed E-state index contributed by atoms with van der Waals surface area (Å²) < 4.78 is 45.7. The van der Waals surface area contributed by atoms with Gasteiger partial charge in [0.2, 0.25) is 5.88 Å². The molecule has 2 aromatic rings. The van der Waals surface area contributed by atoms with Crippen LogP contribution in [0, 0.1) is 0 Å². The molecule has 2 rings (SSSR count). The average molecular weight is 290 g/mol. The van der Waals surface area contributed by atoms with Crippen LogP contribution in [0.2, 0.25) is 5.15 Å². The Labute approximate surface area is 111 Å². The summed E-state index contributed by atoms with van der Waals surface area (Å²) in [5.41, 5.74) is 0. The molecule has 7 heteroatoms. The van der Waals surface area contributed by atoms with Crippen molar-refractivity contribution in [3.63, 3.8) is 0 Å². The highest BCUT2D eigenvalue weighted by atomic mass is 35.5. The number of alkyl halides is 3. The van der Waals surface area contributed by atoms with E-state index >= 15 is 0 Å². The van der Waals surface area contributed by atoms with Crippen molar-refractivity contribution in [1.82, 2.24) is 4.98 Å². The zero-order valence-electron chi connectivity index (χ0n) is 9.32. The first-order valence-electron chi connectivity index (χ1n) is 5.09. The van der Waals surface area contributed by atoms with Gasteiger partial charge in [-0.2, -0.15) is 0 Å². The van der Waals surface area contributed by atoms with Gasteiger partial charge >= 0.3 is 6.36 Å². The molecule has 0 N–H and O–H groups in total. The van der Waals surface area contributed by atoms with E-state index in [0.29, 0.717) is 0 Å². The number of hydrogen-bond acceptors (Lipinski definition) is 3. The highest BCUT2D eigenvalue weighted by Crippen LogP contribution is 2.34. The molecule has 0 aliphatic heterocycles. The van der Waals surface area contributed by atoms with Crippen molar-refractivity contribution in [2.75, 3.05) is 0 Å². The smallest absolute Gasteiger partial charge is 0.435 e. The van der Waals surface area contributed by atoms with Crippen LogP contribution in [0.4, 0.5) is 13.2 Å². The van der Waals surface area contributed by atoms with Crippen LogP contribution >= 0.6 is 11.6 Å². The van der Waals surface area contributed by atoms with E-state index in [2.05, 4.69) is 9.72 Å². The second kappa shape index (κ2) is 5.36. The molecule has 0 bridgehead atoms. The summed E-state index contributed by atoms with van der Waals surface area (Å²) >= 11 is 5.65. The minimum Gasteiger partial charge on any atom is -0.435 e. The standard InChI is InChI=1S/C12H7ClF3NO2/c13-10-6-3-7-11(17-10)18-8-4-1-2-5-9(8)19-12(14,15)16/h1-7H. The van der Waals surface area contributed by atoms with E-state index < -0.39 is 12.1 Å². The molecule has 0 atom stereocenters. The van der Waals surface area contributed by atoms with Crippen LogP contribution in [0.15, 0.2) is 42.5 Å². The number of benzene rings is 1. The number of pyridine rings is 1. The largest absolute Gasteiger partial charge is 0.573 e. The summed E-state index contributed by atoms with van der Waals surface area (Å²) in [4.78, 5) is 3.81. The highest BCUT2D eigenvalue weighted by Gasteiger charge is 2.32. The molecule has 1 aromatic carbocycles. The third kappa shape index (κ3) is 4.03. The molecule has 0 saturated heterocycles. The van der Waals surface area contributed by atoms with E-state index in [1.807, 2.05) is 0 Å². The van der Waals surface area contributed by atoms with Gasteiger partial charge in [0.25, 0.3) is 0 Å². The molecule has 1 heterocycles. The summed E-state index contributed by atoms with van der Waals surface area (Å²) in [6, 6.07) is 9.96. The van der Waals surface area contributed by atoms with Crippen LogP contribution in [0.5, 0.6) is 17.4 Å². The van der Waals surface area contributed by atoms with Crippen molar-refractivity contribution in [1.29, 1.82) is 0 Å². The van der Waals surface area contributed by atoms with Crippen LogP contribution in [-0.4, -0.2) is 11.3 Å². The van der Waals surface area contributed by atoms with Crippen molar-refractivity contribution >= 4 is 11.6 Å². The quantitative estimate of drug-likeness (QED) is 0.784. The third-order valence-corrected chi connectivity index (χ3v) is 2.19. The van der Waals surface area contributed by atoms with Crippen molar-refractivity contribution in [2.45, 2.75) is 6.36 Å². The van der Waals surface area contributed by atoms with E-state index in [1.165, 1.54) is 30.3 Å². The summed E-state index contributed by atoms with van der Waals surface area (Å²) in [5.74, 6) is -0.475. The summed E-state index contributed by atoms with van der Waals surface area (Å²) in [6.45, 7) is 0. The maximum absolute atomic E-state index is 12.2. The average Bonchev–Trinajstić information content (AvgIpc) is 2.30. The third-order valence-electron chi connectivity index (χ3n) is 1.98. The van der Waals surface area contributed by atoms with Crippen molar-refractivity contribution < 1.29 is 22.6 Å². The van der Waals surface area contributed by atoms with E-state index in [4.69, 9.17) is 16.3 Å². The van der Waals surface area contributed by atoms with Gasteiger partial charge in [-0.1, -0.05) is 29.8 Å². The van der Waals surface area contributed by atoms with Gasteiger partial charge in [-0.25, -0.2) is 4.98 Å². The van der Waals surface area contributed by atoms with Crippen LogP contribution in [0.1, 0.15) is 0 Å². The van der Waals surface area contributed by atoms with Gasteiger partial charge in [-0.05, 0) is 18.2 Å². The van der Waals surface area contributed by atoms with Gasteiger partial charge in [0.05, 0.1) is 0 Å². The minimum absolute atomic E-state index is 0.0747. The SMILES string of the molecule is FC(F)(F)Oc1ccccc1Oc1cccc(Cl)n1. The highest BCUT2D eigenvalue weighted by molar-refractivity contribution is 6.29. The van der Waals surface area contributed by atoms with E-state index in [1.54, 1.807) is 6.07 Å². The summed E-state index contributed by atoms with van der Waals surface area (Å²) in [5, 5.41) is 0.173. The van der Waals surface area contributed by atoms with Crippen molar-refractivity contribution in [3.05, 3.63) is 47.6 Å². The maximum Gasteiger partial charge on any atom is 0.573 e. The Morgan fingerprint density at radius 3 is 2.26 bits per heavy atom. The lowest BCUT2D eigenvalue weighted by Gasteiger charge is -2.13. The molecule has 0 saturated carbocycles.